The standard InChI is InChI=1S/C26H34N2O4/c1-19(2)32-22-12-10-20(11-13-22)15-28-16-23-25(17-28)30-14-6-5-8-21-7-3-4-9-24(21)31-18-26(29)27-23/h3-4,7,9-13,19,23,25H,5-6,8,14-18H2,1-2H3,(H,27,29)/t23-,25+/m0/s1. The van der Waals surface area contributed by atoms with Crippen molar-refractivity contribution in [2.75, 3.05) is 26.3 Å². The van der Waals surface area contributed by atoms with E-state index in [1.54, 1.807) is 0 Å². The van der Waals surface area contributed by atoms with Gasteiger partial charge in [0, 0.05) is 26.2 Å². The average Bonchev–Trinajstić information content (AvgIpc) is 3.14. The van der Waals surface area contributed by atoms with Gasteiger partial charge in [0.1, 0.15) is 11.5 Å². The van der Waals surface area contributed by atoms with E-state index < -0.39 is 0 Å². The molecule has 0 aliphatic carbocycles. The van der Waals surface area contributed by atoms with E-state index in [4.69, 9.17) is 14.2 Å². The summed E-state index contributed by atoms with van der Waals surface area (Å²) >= 11 is 0. The number of hydrogen-bond donors (Lipinski definition) is 1. The van der Waals surface area contributed by atoms with Crippen LogP contribution in [0.4, 0.5) is 0 Å². The first kappa shape index (κ1) is 22.6. The van der Waals surface area contributed by atoms with Gasteiger partial charge in [0.2, 0.25) is 0 Å². The number of nitrogens with zero attached hydrogens (tertiary/aromatic N) is 1. The highest BCUT2D eigenvalue weighted by Crippen LogP contribution is 2.22. The largest absolute Gasteiger partial charge is 0.491 e. The number of benzene rings is 2. The molecule has 172 valence electrons. The van der Waals surface area contributed by atoms with Crippen molar-refractivity contribution in [3.05, 3.63) is 59.7 Å². The van der Waals surface area contributed by atoms with E-state index in [1.165, 1.54) is 5.56 Å². The number of carbonyl (C=O) groups excluding carboxylic acids is 1. The fourth-order valence-electron chi connectivity index (χ4n) is 4.39. The van der Waals surface area contributed by atoms with E-state index in [2.05, 4.69) is 28.4 Å². The second-order valence-electron chi connectivity index (χ2n) is 8.94. The molecular weight excluding hydrogens is 404 g/mol. The van der Waals surface area contributed by atoms with Gasteiger partial charge >= 0.3 is 0 Å². The monoisotopic (exact) mass is 438 g/mol. The molecule has 0 saturated carbocycles. The van der Waals surface area contributed by atoms with Crippen LogP contribution in [0.5, 0.6) is 11.5 Å². The molecule has 2 aliphatic heterocycles. The Balaban J connectivity index is 1.37. The maximum Gasteiger partial charge on any atom is 0.258 e. The second-order valence-corrected chi connectivity index (χ2v) is 8.94. The fourth-order valence-corrected chi connectivity index (χ4v) is 4.39. The molecular formula is C26H34N2O4. The van der Waals surface area contributed by atoms with Crippen LogP contribution in [0.15, 0.2) is 48.5 Å². The van der Waals surface area contributed by atoms with Crippen molar-refractivity contribution in [2.24, 2.45) is 0 Å². The van der Waals surface area contributed by atoms with Crippen molar-refractivity contribution >= 4 is 5.91 Å². The Labute approximate surface area is 190 Å². The Kier molecular flexibility index (Phi) is 7.66. The van der Waals surface area contributed by atoms with Crippen LogP contribution in [0.25, 0.3) is 0 Å². The maximum atomic E-state index is 12.6. The van der Waals surface area contributed by atoms with Crippen LogP contribution in [-0.2, 0) is 22.5 Å². The quantitative estimate of drug-likeness (QED) is 0.791. The highest BCUT2D eigenvalue weighted by Gasteiger charge is 2.34. The Bertz CT molecular complexity index is 884. The van der Waals surface area contributed by atoms with Crippen molar-refractivity contribution in [1.82, 2.24) is 10.2 Å². The van der Waals surface area contributed by atoms with E-state index in [0.29, 0.717) is 6.61 Å². The lowest BCUT2D eigenvalue weighted by molar-refractivity contribution is -0.124. The van der Waals surface area contributed by atoms with Gasteiger partial charge in [0.05, 0.1) is 18.2 Å². The molecule has 1 N–H and O–H groups in total. The summed E-state index contributed by atoms with van der Waals surface area (Å²) in [5, 5.41) is 3.14. The van der Waals surface area contributed by atoms with E-state index >= 15 is 0 Å². The Morgan fingerprint density at radius 1 is 1.09 bits per heavy atom. The van der Waals surface area contributed by atoms with Crippen LogP contribution in [0.1, 0.15) is 37.8 Å². The van der Waals surface area contributed by atoms with Gasteiger partial charge in [0.15, 0.2) is 6.61 Å². The number of likely N-dealkylation sites (tertiary alicyclic amines) is 1. The molecule has 0 radical (unpaired) electrons. The van der Waals surface area contributed by atoms with Crippen molar-refractivity contribution in [3.63, 3.8) is 0 Å². The van der Waals surface area contributed by atoms with Crippen LogP contribution < -0.4 is 14.8 Å². The molecule has 2 aromatic carbocycles. The highest BCUT2D eigenvalue weighted by molar-refractivity contribution is 5.78. The normalized spacial score (nSPS) is 22.5. The number of nitrogens with one attached hydrogen (secondary N) is 1. The summed E-state index contributed by atoms with van der Waals surface area (Å²) in [5.41, 5.74) is 2.37. The predicted octanol–water partition coefficient (Wildman–Crippen LogP) is 3.57. The summed E-state index contributed by atoms with van der Waals surface area (Å²) in [5.74, 6) is 1.59. The summed E-state index contributed by atoms with van der Waals surface area (Å²) in [6, 6.07) is 16.2. The van der Waals surface area contributed by atoms with Gasteiger partial charge in [-0.25, -0.2) is 0 Å². The molecule has 1 fully saturated rings. The van der Waals surface area contributed by atoms with Gasteiger partial charge in [-0.15, -0.1) is 0 Å². The topological polar surface area (TPSA) is 60.0 Å². The van der Waals surface area contributed by atoms with Gasteiger partial charge < -0.3 is 19.5 Å². The molecule has 1 saturated heterocycles. The van der Waals surface area contributed by atoms with Gasteiger partial charge in [-0.3, -0.25) is 9.69 Å². The number of para-hydroxylation sites is 1. The minimum absolute atomic E-state index is 0.00868. The van der Waals surface area contributed by atoms with Crippen LogP contribution in [0, 0.1) is 0 Å². The number of fused-ring (bicyclic) bond motifs is 2. The Hall–Kier alpha value is -2.57. The van der Waals surface area contributed by atoms with E-state index in [-0.39, 0.29) is 30.8 Å². The molecule has 6 heteroatoms. The molecule has 0 spiro atoms. The highest BCUT2D eigenvalue weighted by atomic mass is 16.5. The van der Waals surface area contributed by atoms with Gasteiger partial charge in [-0.1, -0.05) is 30.3 Å². The van der Waals surface area contributed by atoms with E-state index in [1.807, 2.05) is 44.2 Å². The first-order valence-corrected chi connectivity index (χ1v) is 11.7. The third-order valence-corrected chi connectivity index (χ3v) is 5.89. The van der Waals surface area contributed by atoms with Crippen molar-refractivity contribution in [2.45, 2.75) is 57.9 Å². The Morgan fingerprint density at radius 2 is 1.91 bits per heavy atom. The van der Waals surface area contributed by atoms with Gasteiger partial charge in [-0.05, 0) is 62.4 Å². The number of aryl methyl sites for hydroxylation is 1. The third-order valence-electron chi connectivity index (χ3n) is 5.89. The third kappa shape index (κ3) is 6.24. The van der Waals surface area contributed by atoms with Gasteiger partial charge in [0.25, 0.3) is 5.91 Å². The van der Waals surface area contributed by atoms with Crippen molar-refractivity contribution < 1.29 is 19.0 Å². The minimum Gasteiger partial charge on any atom is -0.491 e. The van der Waals surface area contributed by atoms with Crippen molar-refractivity contribution in [3.8, 4) is 11.5 Å². The number of rotatable bonds is 4. The van der Waals surface area contributed by atoms with Crippen LogP contribution in [0.2, 0.25) is 0 Å². The summed E-state index contributed by atoms with van der Waals surface area (Å²) in [6.07, 6.45) is 3.11. The zero-order chi connectivity index (χ0) is 22.3. The molecule has 0 unspecified atom stereocenters. The zero-order valence-corrected chi connectivity index (χ0v) is 19.1. The number of ether oxygens (including phenoxy) is 3. The number of hydrogen-bond acceptors (Lipinski definition) is 5. The molecule has 6 nitrogen and oxygen atoms in total. The zero-order valence-electron chi connectivity index (χ0n) is 19.1. The lowest BCUT2D eigenvalue weighted by Gasteiger charge is -2.20. The minimum atomic E-state index is -0.102. The van der Waals surface area contributed by atoms with Gasteiger partial charge in [-0.2, -0.15) is 0 Å². The average molecular weight is 439 g/mol. The molecule has 4 rings (SSSR count). The Morgan fingerprint density at radius 3 is 2.72 bits per heavy atom. The smallest absolute Gasteiger partial charge is 0.258 e. The first-order chi connectivity index (χ1) is 15.6. The van der Waals surface area contributed by atoms with Crippen molar-refractivity contribution in [1.29, 1.82) is 0 Å². The molecule has 0 aromatic heterocycles. The summed E-state index contributed by atoms with van der Waals surface area (Å²) in [6.45, 7) is 7.16. The van der Waals surface area contributed by atoms with Crippen LogP contribution in [-0.4, -0.2) is 55.4 Å². The first-order valence-electron chi connectivity index (χ1n) is 11.7. The fraction of sp³-hybridized carbons (Fsp3) is 0.500. The summed E-state index contributed by atoms with van der Waals surface area (Å²) < 4.78 is 17.8. The van der Waals surface area contributed by atoms with E-state index in [9.17, 15) is 4.79 Å². The van der Waals surface area contributed by atoms with Crippen LogP contribution >= 0.6 is 0 Å². The lowest BCUT2D eigenvalue weighted by Crippen LogP contribution is -2.45. The summed E-state index contributed by atoms with van der Waals surface area (Å²) in [7, 11) is 0. The second kappa shape index (κ2) is 10.8. The molecule has 1 amide bonds. The SMILES string of the molecule is CC(C)Oc1ccc(CN2C[C@@H]3NC(=O)COc4ccccc4CCCCO[C@@H]3C2)cc1. The predicted molar refractivity (Wildman–Crippen MR) is 124 cm³/mol. The number of amides is 1. The molecule has 32 heavy (non-hydrogen) atoms. The molecule has 2 atom stereocenters. The lowest BCUT2D eigenvalue weighted by atomic mass is 10.1. The maximum absolute atomic E-state index is 12.6. The van der Waals surface area contributed by atoms with Crippen LogP contribution in [0.3, 0.4) is 0 Å². The number of carbonyl (C=O) groups is 1. The summed E-state index contributed by atoms with van der Waals surface area (Å²) in [4.78, 5) is 14.9. The molecule has 2 heterocycles. The van der Waals surface area contributed by atoms with E-state index in [0.717, 1.165) is 56.0 Å². The molecule has 2 aliphatic rings. The molecule has 2 aromatic rings. The molecule has 0 bridgehead atoms.